The Bertz CT molecular complexity index is 559. The van der Waals surface area contributed by atoms with Gasteiger partial charge in [-0.2, -0.15) is 5.10 Å². The van der Waals surface area contributed by atoms with Crippen molar-refractivity contribution in [3.8, 4) is 0 Å². The first-order chi connectivity index (χ1) is 7.83. The fourth-order valence-corrected chi connectivity index (χ4v) is 1.56. The van der Waals surface area contributed by atoms with E-state index in [1.807, 2.05) is 6.08 Å². The number of hydrogen-bond acceptors (Lipinski definition) is 3. The quantitative estimate of drug-likeness (QED) is 0.576. The van der Waals surface area contributed by atoms with Crippen molar-refractivity contribution in [2.45, 2.75) is 19.4 Å². The van der Waals surface area contributed by atoms with Crippen LogP contribution in [0.3, 0.4) is 0 Å². The van der Waals surface area contributed by atoms with Gasteiger partial charge in [-0.1, -0.05) is 6.08 Å². The SMILES string of the molecule is C=CCCCn1ncc2ncccc2c1=O. The van der Waals surface area contributed by atoms with Crippen molar-refractivity contribution in [3.05, 3.63) is 47.5 Å². The van der Waals surface area contributed by atoms with E-state index in [-0.39, 0.29) is 5.56 Å². The first kappa shape index (κ1) is 10.5. The summed E-state index contributed by atoms with van der Waals surface area (Å²) in [7, 11) is 0. The van der Waals surface area contributed by atoms with Gasteiger partial charge in [0.05, 0.1) is 17.1 Å². The molecule has 0 radical (unpaired) electrons. The van der Waals surface area contributed by atoms with E-state index in [0.29, 0.717) is 17.4 Å². The highest BCUT2D eigenvalue weighted by Crippen LogP contribution is 2.03. The number of nitrogens with zero attached hydrogens (tertiary/aromatic N) is 3. The number of fused-ring (bicyclic) bond motifs is 1. The van der Waals surface area contributed by atoms with E-state index in [1.165, 1.54) is 4.68 Å². The predicted molar refractivity (Wildman–Crippen MR) is 63.2 cm³/mol. The molecule has 0 aliphatic carbocycles. The molecule has 82 valence electrons. The number of hydrogen-bond donors (Lipinski definition) is 0. The van der Waals surface area contributed by atoms with Crippen molar-refractivity contribution in [2.75, 3.05) is 0 Å². The molecule has 0 aliphatic rings. The summed E-state index contributed by atoms with van der Waals surface area (Å²) in [5, 5.41) is 4.71. The molecule has 0 atom stereocenters. The maximum absolute atomic E-state index is 12.0. The lowest BCUT2D eigenvalue weighted by atomic mass is 10.3. The second-order valence-corrected chi connectivity index (χ2v) is 3.54. The molecule has 0 saturated carbocycles. The number of allylic oxidation sites excluding steroid dienone is 1. The molecule has 0 fully saturated rings. The Morgan fingerprint density at radius 2 is 2.38 bits per heavy atom. The Morgan fingerprint density at radius 3 is 3.19 bits per heavy atom. The molecule has 0 aliphatic heterocycles. The Kier molecular flexibility index (Phi) is 3.10. The van der Waals surface area contributed by atoms with Gasteiger partial charge in [-0.3, -0.25) is 9.78 Å². The average Bonchev–Trinajstić information content (AvgIpc) is 2.33. The molecule has 0 bridgehead atoms. The highest BCUT2D eigenvalue weighted by atomic mass is 16.1. The van der Waals surface area contributed by atoms with Crippen molar-refractivity contribution >= 4 is 10.9 Å². The summed E-state index contributed by atoms with van der Waals surface area (Å²) >= 11 is 0. The van der Waals surface area contributed by atoms with Gasteiger partial charge in [0.1, 0.15) is 0 Å². The molecule has 16 heavy (non-hydrogen) atoms. The van der Waals surface area contributed by atoms with Crippen LogP contribution in [-0.4, -0.2) is 14.8 Å². The van der Waals surface area contributed by atoms with Gasteiger partial charge in [-0.25, -0.2) is 4.68 Å². The van der Waals surface area contributed by atoms with E-state index in [4.69, 9.17) is 0 Å². The van der Waals surface area contributed by atoms with Crippen molar-refractivity contribution < 1.29 is 0 Å². The second-order valence-electron chi connectivity index (χ2n) is 3.54. The lowest BCUT2D eigenvalue weighted by molar-refractivity contribution is 0.557. The van der Waals surface area contributed by atoms with E-state index in [2.05, 4.69) is 16.7 Å². The summed E-state index contributed by atoms with van der Waals surface area (Å²) in [4.78, 5) is 16.0. The third-order valence-electron chi connectivity index (χ3n) is 2.40. The van der Waals surface area contributed by atoms with Crippen LogP contribution in [-0.2, 0) is 6.54 Å². The smallest absolute Gasteiger partial charge is 0.267 e. The molecule has 2 heterocycles. The van der Waals surface area contributed by atoms with Crippen molar-refractivity contribution in [3.63, 3.8) is 0 Å². The third kappa shape index (κ3) is 2.00. The highest BCUT2D eigenvalue weighted by molar-refractivity contribution is 5.75. The van der Waals surface area contributed by atoms with Gasteiger partial charge < -0.3 is 0 Å². The van der Waals surface area contributed by atoms with Crippen LogP contribution in [0.25, 0.3) is 10.9 Å². The molecule has 2 rings (SSSR count). The zero-order valence-corrected chi connectivity index (χ0v) is 8.97. The Labute approximate surface area is 93.2 Å². The summed E-state index contributed by atoms with van der Waals surface area (Å²) < 4.78 is 1.48. The van der Waals surface area contributed by atoms with Gasteiger partial charge in [0.25, 0.3) is 5.56 Å². The first-order valence-electron chi connectivity index (χ1n) is 5.24. The molecule has 4 nitrogen and oxygen atoms in total. The van der Waals surface area contributed by atoms with E-state index in [1.54, 1.807) is 24.5 Å². The molecule has 0 amide bonds. The molecule has 2 aromatic rings. The third-order valence-corrected chi connectivity index (χ3v) is 2.40. The molecule has 0 spiro atoms. The Hall–Kier alpha value is -1.97. The van der Waals surface area contributed by atoms with Crippen molar-refractivity contribution in [1.82, 2.24) is 14.8 Å². The Balaban J connectivity index is 2.37. The number of pyridine rings is 1. The lowest BCUT2D eigenvalue weighted by Crippen LogP contribution is -2.22. The van der Waals surface area contributed by atoms with Crippen LogP contribution in [0.2, 0.25) is 0 Å². The summed E-state index contributed by atoms with van der Waals surface area (Å²) in [6, 6.07) is 3.54. The van der Waals surface area contributed by atoms with Crippen LogP contribution in [0, 0.1) is 0 Å². The van der Waals surface area contributed by atoms with Gasteiger partial charge in [-0.15, -0.1) is 6.58 Å². The molecule has 0 unspecified atom stereocenters. The van der Waals surface area contributed by atoms with Gasteiger partial charge in [0.15, 0.2) is 0 Å². The second kappa shape index (κ2) is 4.70. The highest BCUT2D eigenvalue weighted by Gasteiger charge is 2.03. The standard InChI is InChI=1S/C12H13N3O/c1-2-3-4-8-15-12(16)10-6-5-7-13-11(10)9-14-15/h2,5-7,9H,1,3-4,8H2. The van der Waals surface area contributed by atoms with E-state index in [9.17, 15) is 4.79 Å². The molecular formula is C12H13N3O. The maximum atomic E-state index is 12.0. The van der Waals surface area contributed by atoms with E-state index in [0.717, 1.165) is 12.8 Å². The molecule has 4 heteroatoms. The van der Waals surface area contributed by atoms with Crippen LogP contribution in [0.5, 0.6) is 0 Å². The average molecular weight is 215 g/mol. The minimum atomic E-state index is -0.0744. The number of aryl methyl sites for hydroxylation is 1. The molecular weight excluding hydrogens is 202 g/mol. The summed E-state index contributed by atoms with van der Waals surface area (Å²) in [6.07, 6.45) is 6.89. The van der Waals surface area contributed by atoms with Crippen LogP contribution < -0.4 is 5.56 Å². The number of aromatic nitrogens is 3. The van der Waals surface area contributed by atoms with Crippen molar-refractivity contribution in [1.29, 1.82) is 0 Å². The minimum Gasteiger partial charge on any atom is -0.267 e. The lowest BCUT2D eigenvalue weighted by Gasteiger charge is -2.03. The summed E-state index contributed by atoms with van der Waals surface area (Å²) in [6.45, 7) is 4.27. The number of unbranched alkanes of at least 4 members (excludes halogenated alkanes) is 1. The van der Waals surface area contributed by atoms with E-state index < -0.39 is 0 Å². The maximum Gasteiger partial charge on any atom is 0.276 e. The Morgan fingerprint density at radius 1 is 1.50 bits per heavy atom. The fraction of sp³-hybridized carbons (Fsp3) is 0.250. The van der Waals surface area contributed by atoms with Crippen LogP contribution in [0.1, 0.15) is 12.8 Å². The minimum absolute atomic E-state index is 0.0744. The fourth-order valence-electron chi connectivity index (χ4n) is 1.56. The zero-order valence-electron chi connectivity index (χ0n) is 8.97. The van der Waals surface area contributed by atoms with Crippen molar-refractivity contribution in [2.24, 2.45) is 0 Å². The first-order valence-corrected chi connectivity index (χ1v) is 5.24. The van der Waals surface area contributed by atoms with E-state index >= 15 is 0 Å². The molecule has 2 aromatic heterocycles. The topological polar surface area (TPSA) is 47.8 Å². The normalized spacial score (nSPS) is 10.5. The van der Waals surface area contributed by atoms with Gasteiger partial charge in [0.2, 0.25) is 0 Å². The van der Waals surface area contributed by atoms with Crippen LogP contribution >= 0.6 is 0 Å². The van der Waals surface area contributed by atoms with Gasteiger partial charge in [-0.05, 0) is 25.0 Å². The molecule has 0 N–H and O–H groups in total. The number of rotatable bonds is 4. The molecule has 0 saturated heterocycles. The van der Waals surface area contributed by atoms with Gasteiger partial charge in [0, 0.05) is 12.7 Å². The zero-order chi connectivity index (χ0) is 11.4. The summed E-state index contributed by atoms with van der Waals surface area (Å²) in [5.74, 6) is 0. The summed E-state index contributed by atoms with van der Waals surface area (Å²) in [5.41, 5.74) is 0.571. The monoisotopic (exact) mass is 215 g/mol. The largest absolute Gasteiger partial charge is 0.276 e. The van der Waals surface area contributed by atoms with Crippen LogP contribution in [0.4, 0.5) is 0 Å². The van der Waals surface area contributed by atoms with Crippen LogP contribution in [0.15, 0.2) is 42.0 Å². The predicted octanol–water partition coefficient (Wildman–Crippen LogP) is 1.76. The van der Waals surface area contributed by atoms with Gasteiger partial charge >= 0.3 is 0 Å². The molecule has 0 aromatic carbocycles.